The highest BCUT2D eigenvalue weighted by Gasteiger charge is 2.26. The summed E-state index contributed by atoms with van der Waals surface area (Å²) in [4.78, 5) is 27.6. The van der Waals surface area contributed by atoms with Gasteiger partial charge in [0.2, 0.25) is 5.91 Å². The number of carbonyl (C=O) groups excluding carboxylic acids is 2. The first-order chi connectivity index (χ1) is 16.9. The highest BCUT2D eigenvalue weighted by Crippen LogP contribution is 2.23. The van der Waals surface area contributed by atoms with Crippen LogP contribution in [0.4, 0.5) is 0 Å². The molecule has 0 saturated heterocycles. The lowest BCUT2D eigenvalue weighted by molar-refractivity contribution is -0.142. The summed E-state index contributed by atoms with van der Waals surface area (Å²) in [5.74, 6) is 0.601. The zero-order chi connectivity index (χ0) is 25.2. The lowest BCUT2D eigenvalue weighted by Gasteiger charge is -2.29. The van der Waals surface area contributed by atoms with Crippen LogP contribution in [0.3, 0.4) is 0 Å². The van der Waals surface area contributed by atoms with E-state index in [9.17, 15) is 9.59 Å². The zero-order valence-corrected chi connectivity index (χ0v) is 21.2. The summed E-state index contributed by atoms with van der Waals surface area (Å²) in [5, 5.41) is 3.93. The molecule has 0 spiro atoms. The van der Waals surface area contributed by atoms with Crippen LogP contribution in [0.1, 0.15) is 18.1 Å². The molecule has 0 aromatic heterocycles. The minimum Gasteiger partial charge on any atom is -0.497 e. The number of hydrogen-bond donors (Lipinski definition) is 1. The van der Waals surface area contributed by atoms with Gasteiger partial charge in [-0.25, -0.2) is 0 Å². The number of halogens is 2. The van der Waals surface area contributed by atoms with E-state index < -0.39 is 6.04 Å². The van der Waals surface area contributed by atoms with Crippen molar-refractivity contribution in [2.45, 2.75) is 25.9 Å². The first kappa shape index (κ1) is 26.4. The molecule has 3 aromatic carbocycles. The number of methoxy groups -OCH3 is 1. The van der Waals surface area contributed by atoms with Gasteiger partial charge in [-0.3, -0.25) is 9.59 Å². The third kappa shape index (κ3) is 7.91. The molecule has 2 amide bonds. The van der Waals surface area contributed by atoms with Crippen molar-refractivity contribution in [2.75, 3.05) is 20.3 Å². The smallest absolute Gasteiger partial charge is 0.261 e. The summed E-state index contributed by atoms with van der Waals surface area (Å²) in [6.07, 6.45) is 0.656. The molecule has 0 heterocycles. The molecule has 0 saturated carbocycles. The van der Waals surface area contributed by atoms with Crippen molar-refractivity contribution in [3.05, 3.63) is 94.0 Å². The fourth-order valence-corrected chi connectivity index (χ4v) is 3.74. The number of para-hydroxylation sites is 1. The van der Waals surface area contributed by atoms with E-state index in [4.69, 9.17) is 32.7 Å². The third-order valence-electron chi connectivity index (χ3n) is 5.49. The maximum Gasteiger partial charge on any atom is 0.261 e. The van der Waals surface area contributed by atoms with Crippen LogP contribution >= 0.6 is 23.2 Å². The summed E-state index contributed by atoms with van der Waals surface area (Å²) < 4.78 is 10.8. The molecule has 35 heavy (non-hydrogen) atoms. The highest BCUT2D eigenvalue weighted by atomic mass is 35.5. The molecule has 3 aromatic rings. The Labute approximate surface area is 215 Å². The van der Waals surface area contributed by atoms with Crippen molar-refractivity contribution in [3.63, 3.8) is 0 Å². The van der Waals surface area contributed by atoms with Gasteiger partial charge in [0.1, 0.15) is 17.5 Å². The van der Waals surface area contributed by atoms with Crippen molar-refractivity contribution in [2.24, 2.45) is 0 Å². The quantitative estimate of drug-likeness (QED) is 0.383. The van der Waals surface area contributed by atoms with Crippen LogP contribution in [-0.4, -0.2) is 43.0 Å². The van der Waals surface area contributed by atoms with E-state index in [2.05, 4.69) is 5.32 Å². The molecule has 1 N–H and O–H groups in total. The molecule has 0 radical (unpaired) electrons. The van der Waals surface area contributed by atoms with E-state index >= 15 is 0 Å². The second-order valence-electron chi connectivity index (χ2n) is 7.93. The molecule has 0 aliphatic carbocycles. The van der Waals surface area contributed by atoms with Gasteiger partial charge in [-0.1, -0.05) is 59.6 Å². The molecule has 3 rings (SSSR count). The average molecular weight is 515 g/mol. The fourth-order valence-electron chi connectivity index (χ4n) is 3.42. The number of nitrogens with one attached hydrogen (secondary N) is 1. The summed E-state index contributed by atoms with van der Waals surface area (Å²) >= 11 is 12.1. The molecule has 8 heteroatoms. The molecule has 184 valence electrons. The first-order valence-corrected chi connectivity index (χ1v) is 11.9. The van der Waals surface area contributed by atoms with Crippen molar-refractivity contribution in [1.29, 1.82) is 0 Å². The zero-order valence-electron chi connectivity index (χ0n) is 19.7. The predicted octanol–water partition coefficient (Wildman–Crippen LogP) is 5.16. The molecule has 0 aliphatic heterocycles. The van der Waals surface area contributed by atoms with Crippen LogP contribution in [0.5, 0.6) is 11.5 Å². The Morgan fingerprint density at radius 2 is 1.60 bits per heavy atom. The molecular formula is C27H28Cl2N2O4. The standard InChI is InChI=1S/C27H28Cl2N2O4/c1-19(27(33)30-16-15-20-9-13-23(34-2)14-10-20)31(17-21-7-11-22(28)12-8-21)26(32)18-35-25-6-4-3-5-24(25)29/h3-14,19H,15-18H2,1-2H3,(H,30,33)/t19-/m0/s1. The van der Waals surface area contributed by atoms with Gasteiger partial charge in [-0.2, -0.15) is 0 Å². The Hall–Kier alpha value is -3.22. The second-order valence-corrected chi connectivity index (χ2v) is 8.78. The van der Waals surface area contributed by atoms with Crippen LogP contribution in [0.25, 0.3) is 0 Å². The van der Waals surface area contributed by atoms with Crippen LogP contribution in [0.2, 0.25) is 10.0 Å². The summed E-state index contributed by atoms with van der Waals surface area (Å²) in [6.45, 7) is 2.12. The lowest BCUT2D eigenvalue weighted by atomic mass is 10.1. The SMILES string of the molecule is COc1ccc(CCNC(=O)[C@H](C)N(Cc2ccc(Cl)cc2)C(=O)COc2ccccc2Cl)cc1. The van der Waals surface area contributed by atoms with Crippen molar-refractivity contribution in [3.8, 4) is 11.5 Å². The first-order valence-electron chi connectivity index (χ1n) is 11.2. The number of nitrogens with zero attached hydrogens (tertiary/aromatic N) is 1. The van der Waals surface area contributed by atoms with Gasteiger partial charge in [0.25, 0.3) is 5.91 Å². The monoisotopic (exact) mass is 514 g/mol. The number of carbonyl (C=O) groups is 2. The van der Waals surface area contributed by atoms with Gasteiger partial charge in [0.15, 0.2) is 6.61 Å². The van der Waals surface area contributed by atoms with E-state index in [1.807, 2.05) is 36.4 Å². The normalized spacial score (nSPS) is 11.4. The van der Waals surface area contributed by atoms with Gasteiger partial charge >= 0.3 is 0 Å². The van der Waals surface area contributed by atoms with Crippen LogP contribution in [0.15, 0.2) is 72.8 Å². The largest absolute Gasteiger partial charge is 0.497 e. The number of ether oxygens (including phenoxy) is 2. The Balaban J connectivity index is 1.64. The maximum atomic E-state index is 13.1. The number of amides is 2. The number of rotatable bonds is 11. The van der Waals surface area contributed by atoms with Crippen LogP contribution in [-0.2, 0) is 22.6 Å². The van der Waals surface area contributed by atoms with Gasteiger partial charge < -0.3 is 19.7 Å². The van der Waals surface area contributed by atoms with E-state index in [0.717, 1.165) is 16.9 Å². The van der Waals surface area contributed by atoms with Gasteiger partial charge in [-0.05, 0) is 60.9 Å². The van der Waals surface area contributed by atoms with Crippen molar-refractivity contribution >= 4 is 35.0 Å². The van der Waals surface area contributed by atoms with Gasteiger partial charge in [-0.15, -0.1) is 0 Å². The molecule has 0 bridgehead atoms. The molecule has 0 unspecified atom stereocenters. The second kappa shape index (κ2) is 13.0. The third-order valence-corrected chi connectivity index (χ3v) is 6.06. The van der Waals surface area contributed by atoms with Gasteiger partial charge in [0, 0.05) is 18.1 Å². The highest BCUT2D eigenvalue weighted by molar-refractivity contribution is 6.32. The molecule has 0 aliphatic rings. The molecule has 6 nitrogen and oxygen atoms in total. The van der Waals surface area contributed by atoms with Crippen molar-refractivity contribution < 1.29 is 19.1 Å². The Bertz CT molecular complexity index is 1120. The fraction of sp³-hybridized carbons (Fsp3) is 0.259. The Kier molecular flexibility index (Phi) is 9.82. The van der Waals surface area contributed by atoms with E-state index in [1.54, 1.807) is 50.4 Å². The van der Waals surface area contributed by atoms with E-state index in [1.165, 1.54) is 4.90 Å². The molecule has 0 fully saturated rings. The number of hydrogen-bond acceptors (Lipinski definition) is 4. The minimum atomic E-state index is -0.719. The molecular weight excluding hydrogens is 487 g/mol. The van der Waals surface area contributed by atoms with E-state index in [-0.39, 0.29) is 25.0 Å². The Morgan fingerprint density at radius 1 is 0.943 bits per heavy atom. The summed E-state index contributed by atoms with van der Waals surface area (Å²) in [7, 11) is 1.62. The maximum absolute atomic E-state index is 13.1. The lowest BCUT2D eigenvalue weighted by Crippen LogP contribution is -2.49. The minimum absolute atomic E-state index is 0.231. The average Bonchev–Trinajstić information content (AvgIpc) is 2.87. The van der Waals surface area contributed by atoms with Gasteiger partial charge in [0.05, 0.1) is 12.1 Å². The predicted molar refractivity (Wildman–Crippen MR) is 138 cm³/mol. The number of benzene rings is 3. The van der Waals surface area contributed by atoms with E-state index in [0.29, 0.717) is 28.8 Å². The summed E-state index contributed by atoms with van der Waals surface area (Å²) in [6, 6.07) is 21.0. The van der Waals surface area contributed by atoms with Crippen LogP contribution in [0, 0.1) is 0 Å². The van der Waals surface area contributed by atoms with Crippen LogP contribution < -0.4 is 14.8 Å². The molecule has 1 atom stereocenters. The summed E-state index contributed by atoms with van der Waals surface area (Å²) in [5.41, 5.74) is 1.92. The van der Waals surface area contributed by atoms with Crippen molar-refractivity contribution in [1.82, 2.24) is 10.2 Å². The topological polar surface area (TPSA) is 67.9 Å². The Morgan fingerprint density at radius 3 is 2.26 bits per heavy atom.